The summed E-state index contributed by atoms with van der Waals surface area (Å²) in [7, 11) is 0. The van der Waals surface area contributed by atoms with E-state index in [1.807, 2.05) is 36.4 Å². The number of aryl methyl sites for hydroxylation is 2. The third-order valence-corrected chi connectivity index (χ3v) is 13.7. The van der Waals surface area contributed by atoms with Gasteiger partial charge >= 0.3 is 0 Å². The van der Waals surface area contributed by atoms with E-state index in [4.69, 9.17) is 15.0 Å². The molecule has 0 amide bonds. The van der Waals surface area contributed by atoms with Gasteiger partial charge in [-0.3, -0.25) is 0 Å². The van der Waals surface area contributed by atoms with Gasteiger partial charge in [-0.15, -0.1) is 0 Å². The molecule has 0 aliphatic heterocycles. The van der Waals surface area contributed by atoms with Gasteiger partial charge in [0.25, 0.3) is 0 Å². The summed E-state index contributed by atoms with van der Waals surface area (Å²) in [6.07, 6.45) is 0. The summed E-state index contributed by atoms with van der Waals surface area (Å²) in [6, 6.07) is 84.8. The van der Waals surface area contributed by atoms with E-state index < -0.39 is 0 Å². The Bertz CT molecular complexity index is 3970. The predicted molar refractivity (Wildman–Crippen MR) is 291 cm³/mol. The van der Waals surface area contributed by atoms with Gasteiger partial charge in [-0.2, -0.15) is 0 Å². The lowest BCUT2D eigenvalue weighted by atomic mass is 9.98. The lowest BCUT2D eigenvalue weighted by Crippen LogP contribution is -2.04. The molecule has 0 radical (unpaired) electrons. The minimum absolute atomic E-state index is 0.589. The third-order valence-electron chi connectivity index (χ3n) is 13.7. The fourth-order valence-electron chi connectivity index (χ4n) is 10.3. The Kier molecular flexibility index (Phi) is 9.88. The van der Waals surface area contributed by atoms with E-state index in [0.29, 0.717) is 17.5 Å². The van der Waals surface area contributed by atoms with Gasteiger partial charge in [-0.05, 0) is 102 Å². The van der Waals surface area contributed by atoms with Gasteiger partial charge in [0, 0.05) is 43.9 Å². The van der Waals surface area contributed by atoms with E-state index in [1.165, 1.54) is 49.3 Å². The van der Waals surface area contributed by atoms with Crippen LogP contribution in [-0.4, -0.2) is 24.1 Å². The first-order chi connectivity index (χ1) is 34.5. The second-order valence-electron chi connectivity index (χ2n) is 18.2. The fraction of sp³-hybridized carbons (Fsp3) is 0.0308. The normalized spacial score (nSPS) is 11.6. The van der Waals surface area contributed by atoms with E-state index in [2.05, 4.69) is 223 Å². The zero-order chi connectivity index (χ0) is 46.7. The summed E-state index contributed by atoms with van der Waals surface area (Å²) in [6.45, 7) is 4.31. The van der Waals surface area contributed by atoms with Crippen molar-refractivity contribution in [2.75, 3.05) is 0 Å². The predicted octanol–water partition coefficient (Wildman–Crippen LogP) is 16.7. The van der Waals surface area contributed by atoms with Crippen LogP contribution >= 0.6 is 0 Å². The van der Waals surface area contributed by atoms with Crippen molar-refractivity contribution in [3.05, 3.63) is 248 Å². The summed E-state index contributed by atoms with van der Waals surface area (Å²) in [5.74, 6) is 1.81. The smallest absolute Gasteiger partial charge is 0.166 e. The van der Waals surface area contributed by atoms with Crippen molar-refractivity contribution in [3.8, 4) is 78.9 Å². The second kappa shape index (κ2) is 16.8. The fourth-order valence-corrected chi connectivity index (χ4v) is 10.3. The average molecular weight is 896 g/mol. The van der Waals surface area contributed by atoms with Crippen molar-refractivity contribution in [3.63, 3.8) is 0 Å². The molecule has 0 fully saturated rings. The molecular weight excluding hydrogens is 851 g/mol. The molecule has 0 unspecified atom stereocenters. The molecule has 3 aromatic heterocycles. The zero-order valence-electron chi connectivity index (χ0n) is 38.8. The van der Waals surface area contributed by atoms with Crippen molar-refractivity contribution >= 4 is 43.6 Å². The highest BCUT2D eigenvalue weighted by Gasteiger charge is 2.22. The maximum Gasteiger partial charge on any atom is 0.166 e. The lowest BCUT2D eigenvalue weighted by Gasteiger charge is -2.17. The largest absolute Gasteiger partial charge is 0.309 e. The van der Waals surface area contributed by atoms with Crippen molar-refractivity contribution in [2.45, 2.75) is 13.8 Å². The summed E-state index contributed by atoms with van der Waals surface area (Å²) >= 11 is 0. The van der Waals surface area contributed by atoms with E-state index in [-0.39, 0.29) is 0 Å². The van der Waals surface area contributed by atoms with Crippen molar-refractivity contribution < 1.29 is 0 Å². The van der Waals surface area contributed by atoms with E-state index in [9.17, 15) is 0 Å². The topological polar surface area (TPSA) is 48.5 Å². The monoisotopic (exact) mass is 895 g/mol. The van der Waals surface area contributed by atoms with Crippen molar-refractivity contribution in [1.82, 2.24) is 24.1 Å². The Morgan fingerprint density at radius 1 is 0.271 bits per heavy atom. The first-order valence-corrected chi connectivity index (χ1v) is 23.8. The molecule has 0 saturated heterocycles. The Morgan fingerprint density at radius 3 is 1.31 bits per heavy atom. The summed E-state index contributed by atoms with van der Waals surface area (Å²) in [5, 5.41) is 4.73. The number of hydrogen-bond donors (Lipinski definition) is 0. The highest BCUT2D eigenvalue weighted by atomic mass is 15.1. The Balaban J connectivity index is 1.11. The first-order valence-electron chi connectivity index (χ1n) is 23.8. The average Bonchev–Trinajstić information content (AvgIpc) is 3.93. The third kappa shape index (κ3) is 7.15. The van der Waals surface area contributed by atoms with E-state index >= 15 is 0 Å². The van der Waals surface area contributed by atoms with Crippen LogP contribution in [0.15, 0.2) is 237 Å². The number of nitrogens with zero attached hydrogens (tertiary/aromatic N) is 5. The van der Waals surface area contributed by atoms with Crippen LogP contribution < -0.4 is 0 Å². The molecule has 0 N–H and O–H groups in total. The van der Waals surface area contributed by atoms with Crippen LogP contribution in [0.4, 0.5) is 0 Å². The summed E-state index contributed by atoms with van der Waals surface area (Å²) in [5.41, 5.74) is 18.6. The van der Waals surface area contributed by atoms with Gasteiger partial charge < -0.3 is 9.13 Å². The maximum absolute atomic E-state index is 5.40. The standard InChI is InChI=1S/C65H45N5/c1-42-16-14-22-46(36-42)50-28-32-54-55-33-29-51(47-23-15-17-43(2)37-47)41-62(55)70(61(54)40-50)60-35-31-49(48-30-34-59-56(38-48)53-26-12-13-27-58(53)69(59)52-24-10-5-11-25-52)39-57(60)65-67-63(44-18-6-3-7-19-44)66-64(68-65)45-20-8-4-9-21-45/h3-41H,1-2H3. The molecule has 0 bridgehead atoms. The van der Waals surface area contributed by atoms with Gasteiger partial charge in [0.05, 0.1) is 27.8 Å². The van der Waals surface area contributed by atoms with Gasteiger partial charge in [0.15, 0.2) is 17.5 Å². The number of benzene rings is 10. The first kappa shape index (κ1) is 41.0. The van der Waals surface area contributed by atoms with Crippen LogP contribution in [-0.2, 0) is 0 Å². The molecule has 5 nitrogen and oxygen atoms in total. The lowest BCUT2D eigenvalue weighted by molar-refractivity contribution is 1.06. The van der Waals surface area contributed by atoms with Crippen LogP contribution in [0.1, 0.15) is 11.1 Å². The Labute approximate surface area is 406 Å². The molecule has 0 aliphatic carbocycles. The van der Waals surface area contributed by atoms with Gasteiger partial charge in [0.2, 0.25) is 0 Å². The van der Waals surface area contributed by atoms with Gasteiger partial charge in [-0.25, -0.2) is 15.0 Å². The molecule has 13 rings (SSSR count). The molecule has 0 aliphatic rings. The van der Waals surface area contributed by atoms with Crippen LogP contribution in [0.25, 0.3) is 123 Å². The molecule has 3 heterocycles. The summed E-state index contributed by atoms with van der Waals surface area (Å²) < 4.78 is 4.80. The molecule has 13 aromatic rings. The highest BCUT2D eigenvalue weighted by Crippen LogP contribution is 2.42. The summed E-state index contributed by atoms with van der Waals surface area (Å²) in [4.78, 5) is 15.9. The minimum atomic E-state index is 0.589. The number of fused-ring (bicyclic) bond motifs is 6. The Morgan fingerprint density at radius 2 is 0.714 bits per heavy atom. The van der Waals surface area contributed by atoms with Gasteiger partial charge in [-0.1, -0.05) is 193 Å². The number of aromatic nitrogens is 5. The number of hydrogen-bond acceptors (Lipinski definition) is 3. The minimum Gasteiger partial charge on any atom is -0.309 e. The van der Waals surface area contributed by atoms with Crippen LogP contribution in [0.2, 0.25) is 0 Å². The van der Waals surface area contributed by atoms with Gasteiger partial charge in [0.1, 0.15) is 0 Å². The number of para-hydroxylation sites is 2. The number of rotatable bonds is 8. The van der Waals surface area contributed by atoms with Crippen LogP contribution in [0.5, 0.6) is 0 Å². The Hall–Kier alpha value is -9.19. The van der Waals surface area contributed by atoms with E-state index in [0.717, 1.165) is 66.9 Å². The second-order valence-corrected chi connectivity index (χ2v) is 18.2. The van der Waals surface area contributed by atoms with Crippen molar-refractivity contribution in [1.29, 1.82) is 0 Å². The van der Waals surface area contributed by atoms with E-state index in [1.54, 1.807) is 0 Å². The maximum atomic E-state index is 5.40. The highest BCUT2D eigenvalue weighted by molar-refractivity contribution is 6.12. The quantitative estimate of drug-likeness (QED) is 0.153. The zero-order valence-corrected chi connectivity index (χ0v) is 38.8. The SMILES string of the molecule is Cc1cccc(-c2ccc3c4ccc(-c5cccc(C)c5)cc4n(-c4ccc(-c5ccc6c(c5)c5ccccc5n6-c5ccccc5)cc4-c4nc(-c5ccccc5)nc(-c5ccccc5)n4)c3c2)c1. The molecular formula is C65H45N5. The molecule has 70 heavy (non-hydrogen) atoms. The van der Waals surface area contributed by atoms with Crippen LogP contribution in [0, 0.1) is 13.8 Å². The van der Waals surface area contributed by atoms with Crippen molar-refractivity contribution in [2.24, 2.45) is 0 Å². The van der Waals surface area contributed by atoms with Crippen LogP contribution in [0.3, 0.4) is 0 Å². The molecule has 0 atom stereocenters. The molecule has 10 aromatic carbocycles. The molecule has 0 spiro atoms. The molecule has 0 saturated carbocycles. The molecule has 330 valence electrons. The molecule has 5 heteroatoms.